The fraction of sp³-hybridized carbons (Fsp3) is 0.600. The van der Waals surface area contributed by atoms with Crippen LogP contribution in [-0.4, -0.2) is 65.5 Å². The molecule has 2 aliphatic rings. The monoisotopic (exact) mass is 359 g/mol. The lowest BCUT2D eigenvalue weighted by Gasteiger charge is -2.48. The van der Waals surface area contributed by atoms with Gasteiger partial charge in [-0.05, 0) is 37.9 Å². The molecule has 2 amide bonds. The Morgan fingerprint density at radius 1 is 1.19 bits per heavy atom. The van der Waals surface area contributed by atoms with Crippen LogP contribution in [0.4, 0.5) is 0 Å². The minimum atomic E-state index is -0.931. The second-order valence-corrected chi connectivity index (χ2v) is 7.37. The van der Waals surface area contributed by atoms with E-state index in [1.54, 1.807) is 0 Å². The molecule has 3 rings (SSSR count). The first-order valence-electron chi connectivity index (χ1n) is 9.55. The van der Waals surface area contributed by atoms with E-state index in [1.807, 2.05) is 35.2 Å². The lowest BCUT2D eigenvalue weighted by molar-refractivity contribution is -0.143. The molecule has 6 nitrogen and oxygen atoms in total. The number of hydrogen-bond donors (Lipinski definition) is 2. The van der Waals surface area contributed by atoms with Crippen molar-refractivity contribution in [1.29, 1.82) is 0 Å². The van der Waals surface area contributed by atoms with Gasteiger partial charge in [-0.3, -0.25) is 14.5 Å². The largest absolute Gasteiger partial charge is 0.383 e. The molecule has 1 aromatic carbocycles. The molecular weight excluding hydrogens is 330 g/mol. The molecule has 2 aliphatic heterocycles. The predicted molar refractivity (Wildman–Crippen MR) is 99.4 cm³/mol. The van der Waals surface area contributed by atoms with Gasteiger partial charge in [0.25, 0.3) is 0 Å². The van der Waals surface area contributed by atoms with Gasteiger partial charge in [-0.2, -0.15) is 0 Å². The van der Waals surface area contributed by atoms with E-state index >= 15 is 0 Å². The summed E-state index contributed by atoms with van der Waals surface area (Å²) in [7, 11) is 0. The number of carbonyl (C=O) groups excluding carboxylic acids is 2. The van der Waals surface area contributed by atoms with Crippen molar-refractivity contribution < 1.29 is 14.7 Å². The van der Waals surface area contributed by atoms with Crippen molar-refractivity contribution in [3.8, 4) is 0 Å². The Balaban J connectivity index is 1.74. The fourth-order valence-electron chi connectivity index (χ4n) is 4.19. The molecule has 6 heteroatoms. The third kappa shape index (κ3) is 4.07. The van der Waals surface area contributed by atoms with Gasteiger partial charge in [0.15, 0.2) is 0 Å². The molecule has 1 aromatic rings. The summed E-state index contributed by atoms with van der Waals surface area (Å²) in [5.74, 6) is -0.0806. The SMILES string of the molecule is CC(=O)NCCC(=O)N1CC[C@](O)(c2ccccc2)[C@H](N2CCCC2)C1. The van der Waals surface area contributed by atoms with Gasteiger partial charge >= 0.3 is 0 Å². The summed E-state index contributed by atoms with van der Waals surface area (Å²) in [5.41, 5.74) is 0.00209. The highest BCUT2D eigenvalue weighted by Crippen LogP contribution is 2.37. The van der Waals surface area contributed by atoms with Crippen LogP contribution < -0.4 is 5.32 Å². The van der Waals surface area contributed by atoms with Gasteiger partial charge in [-0.15, -0.1) is 0 Å². The number of benzene rings is 1. The Labute approximate surface area is 155 Å². The lowest BCUT2D eigenvalue weighted by atomic mass is 9.79. The Kier molecular flexibility index (Phi) is 5.94. The molecule has 2 saturated heterocycles. The van der Waals surface area contributed by atoms with Crippen molar-refractivity contribution in [3.63, 3.8) is 0 Å². The summed E-state index contributed by atoms with van der Waals surface area (Å²) in [6.07, 6.45) is 3.11. The molecule has 0 bridgehead atoms. The van der Waals surface area contributed by atoms with E-state index in [0.29, 0.717) is 32.5 Å². The minimum absolute atomic E-state index is 0.0399. The third-order valence-corrected chi connectivity index (χ3v) is 5.63. The maximum absolute atomic E-state index is 12.6. The van der Waals surface area contributed by atoms with Gasteiger partial charge in [0.1, 0.15) is 5.60 Å². The molecule has 2 N–H and O–H groups in total. The summed E-state index contributed by atoms with van der Waals surface area (Å²) in [6.45, 7) is 4.82. The number of likely N-dealkylation sites (tertiary alicyclic amines) is 2. The smallest absolute Gasteiger partial charge is 0.224 e. The van der Waals surface area contributed by atoms with Crippen LogP contribution in [0.15, 0.2) is 30.3 Å². The van der Waals surface area contributed by atoms with E-state index in [4.69, 9.17) is 0 Å². The lowest BCUT2D eigenvalue weighted by Crippen LogP contribution is -2.61. The molecular formula is C20H29N3O3. The first-order chi connectivity index (χ1) is 12.5. The van der Waals surface area contributed by atoms with E-state index in [1.165, 1.54) is 6.92 Å². The van der Waals surface area contributed by atoms with Crippen molar-refractivity contribution in [3.05, 3.63) is 35.9 Å². The second-order valence-electron chi connectivity index (χ2n) is 7.37. The Morgan fingerprint density at radius 2 is 1.88 bits per heavy atom. The number of hydrogen-bond acceptors (Lipinski definition) is 4. The molecule has 0 spiro atoms. The van der Waals surface area contributed by atoms with Gasteiger partial charge in [0.2, 0.25) is 11.8 Å². The van der Waals surface area contributed by atoms with Crippen LogP contribution in [0.5, 0.6) is 0 Å². The van der Waals surface area contributed by atoms with E-state index < -0.39 is 5.60 Å². The van der Waals surface area contributed by atoms with Gasteiger partial charge in [0.05, 0.1) is 6.04 Å². The van der Waals surface area contributed by atoms with Crippen LogP contribution in [-0.2, 0) is 15.2 Å². The highest BCUT2D eigenvalue weighted by molar-refractivity contribution is 5.78. The standard InChI is InChI=1S/C20H29N3O3/c1-16(24)21-11-9-19(25)23-14-10-20(26,17-7-3-2-4-8-17)18(15-23)22-12-5-6-13-22/h2-4,7-8,18,26H,5-6,9-15H2,1H3,(H,21,24)/t18-,20+/m1/s1. The number of rotatable bonds is 5. The summed E-state index contributed by atoms with van der Waals surface area (Å²) >= 11 is 0. The first kappa shape index (κ1) is 18.9. The second kappa shape index (κ2) is 8.18. The van der Waals surface area contributed by atoms with E-state index in [2.05, 4.69) is 10.2 Å². The zero-order valence-corrected chi connectivity index (χ0v) is 15.5. The predicted octanol–water partition coefficient (Wildman–Crippen LogP) is 1.10. The Morgan fingerprint density at radius 3 is 2.54 bits per heavy atom. The normalized spacial score (nSPS) is 26.7. The highest BCUT2D eigenvalue weighted by Gasteiger charge is 2.46. The summed E-state index contributed by atoms with van der Waals surface area (Å²) in [6, 6.07) is 9.75. The van der Waals surface area contributed by atoms with Crippen LogP contribution in [0.25, 0.3) is 0 Å². The van der Waals surface area contributed by atoms with Crippen LogP contribution in [0.2, 0.25) is 0 Å². The first-order valence-corrected chi connectivity index (χ1v) is 9.55. The quantitative estimate of drug-likeness (QED) is 0.826. The maximum Gasteiger partial charge on any atom is 0.224 e. The molecule has 2 atom stereocenters. The average molecular weight is 359 g/mol. The highest BCUT2D eigenvalue weighted by atomic mass is 16.3. The summed E-state index contributed by atoms with van der Waals surface area (Å²) < 4.78 is 0. The molecule has 0 radical (unpaired) electrons. The maximum atomic E-state index is 12.6. The molecule has 2 fully saturated rings. The van der Waals surface area contributed by atoms with E-state index in [-0.39, 0.29) is 17.9 Å². The molecule has 142 valence electrons. The van der Waals surface area contributed by atoms with Crippen LogP contribution in [0, 0.1) is 0 Å². The van der Waals surface area contributed by atoms with Crippen LogP contribution >= 0.6 is 0 Å². The van der Waals surface area contributed by atoms with Crippen molar-refractivity contribution in [2.45, 2.75) is 44.2 Å². The number of nitrogens with zero attached hydrogens (tertiary/aromatic N) is 2. The number of piperidine rings is 1. The number of amides is 2. The number of nitrogens with one attached hydrogen (secondary N) is 1. The zero-order valence-electron chi connectivity index (χ0n) is 15.5. The summed E-state index contributed by atoms with van der Waals surface area (Å²) in [4.78, 5) is 27.7. The van der Waals surface area contributed by atoms with E-state index in [9.17, 15) is 14.7 Å². The summed E-state index contributed by atoms with van der Waals surface area (Å²) in [5, 5.41) is 14.3. The molecule has 0 aromatic heterocycles. The molecule has 0 aliphatic carbocycles. The van der Waals surface area contributed by atoms with Crippen LogP contribution in [0.3, 0.4) is 0 Å². The fourth-order valence-corrected chi connectivity index (χ4v) is 4.19. The molecule has 26 heavy (non-hydrogen) atoms. The van der Waals surface area contributed by atoms with Crippen molar-refractivity contribution in [1.82, 2.24) is 15.1 Å². The van der Waals surface area contributed by atoms with Crippen molar-refractivity contribution >= 4 is 11.8 Å². The van der Waals surface area contributed by atoms with Gasteiger partial charge in [-0.1, -0.05) is 30.3 Å². The molecule has 2 heterocycles. The van der Waals surface area contributed by atoms with Gasteiger partial charge < -0.3 is 15.3 Å². The Bertz CT molecular complexity index is 630. The number of carbonyl (C=O) groups is 2. The molecule has 0 unspecified atom stereocenters. The van der Waals surface area contributed by atoms with E-state index in [0.717, 1.165) is 31.5 Å². The minimum Gasteiger partial charge on any atom is -0.383 e. The number of aliphatic hydroxyl groups is 1. The van der Waals surface area contributed by atoms with Crippen molar-refractivity contribution in [2.24, 2.45) is 0 Å². The molecule has 0 saturated carbocycles. The van der Waals surface area contributed by atoms with Gasteiger partial charge in [0, 0.05) is 33.0 Å². The van der Waals surface area contributed by atoms with Gasteiger partial charge in [-0.25, -0.2) is 0 Å². The van der Waals surface area contributed by atoms with Crippen LogP contribution in [0.1, 0.15) is 38.2 Å². The topological polar surface area (TPSA) is 72.9 Å². The zero-order chi connectivity index (χ0) is 18.6. The average Bonchev–Trinajstić information content (AvgIpc) is 3.16. The van der Waals surface area contributed by atoms with Crippen molar-refractivity contribution in [2.75, 3.05) is 32.7 Å². The Hall–Kier alpha value is -1.92. The third-order valence-electron chi connectivity index (χ3n) is 5.63.